The molecule has 0 bridgehead atoms. The summed E-state index contributed by atoms with van der Waals surface area (Å²) in [6, 6.07) is 1.16. The lowest BCUT2D eigenvalue weighted by Gasteiger charge is -2.25. The van der Waals surface area contributed by atoms with E-state index in [1.54, 1.807) is 0 Å². The molecule has 0 spiro atoms. The predicted octanol–water partition coefficient (Wildman–Crippen LogP) is 2.10. The van der Waals surface area contributed by atoms with Crippen molar-refractivity contribution in [3.05, 3.63) is 11.1 Å². The lowest BCUT2D eigenvalue weighted by molar-refractivity contribution is 0.273. The lowest BCUT2D eigenvalue weighted by Crippen LogP contribution is -2.36. The van der Waals surface area contributed by atoms with Crippen LogP contribution in [0.25, 0.3) is 0 Å². The smallest absolute Gasteiger partial charge is 0.185 e. The fourth-order valence-corrected chi connectivity index (χ4v) is 4.16. The Bertz CT molecular complexity index is 419. The van der Waals surface area contributed by atoms with Crippen LogP contribution in [0.3, 0.4) is 0 Å². The number of rotatable bonds is 3. The summed E-state index contributed by atoms with van der Waals surface area (Å²) in [6.07, 6.45) is 6.05. The van der Waals surface area contributed by atoms with Crippen LogP contribution < -0.4 is 10.2 Å². The van der Waals surface area contributed by atoms with Crippen molar-refractivity contribution in [2.24, 2.45) is 0 Å². The molecule has 3 heterocycles. The van der Waals surface area contributed by atoms with E-state index in [0.29, 0.717) is 6.04 Å². The van der Waals surface area contributed by atoms with Crippen molar-refractivity contribution in [2.45, 2.75) is 38.3 Å². The maximum Gasteiger partial charge on any atom is 0.185 e. The summed E-state index contributed by atoms with van der Waals surface area (Å²) >= 11 is 1.85. The summed E-state index contributed by atoms with van der Waals surface area (Å²) in [7, 11) is 2.01. The van der Waals surface area contributed by atoms with Crippen LogP contribution in [0.5, 0.6) is 0 Å². The lowest BCUT2D eigenvalue weighted by atomic mass is 10.2. The second-order valence-electron chi connectivity index (χ2n) is 5.69. The molecule has 1 N–H and O–H groups in total. The summed E-state index contributed by atoms with van der Waals surface area (Å²) < 4.78 is 0. The molecule has 2 aliphatic heterocycles. The van der Waals surface area contributed by atoms with E-state index in [1.165, 1.54) is 48.9 Å². The minimum atomic E-state index is 0.404. The van der Waals surface area contributed by atoms with Gasteiger partial charge in [0.25, 0.3) is 0 Å². The largest absolute Gasteiger partial charge is 0.346 e. The number of aromatic nitrogens is 1. The van der Waals surface area contributed by atoms with Gasteiger partial charge >= 0.3 is 0 Å². The molecule has 2 saturated heterocycles. The zero-order valence-electron chi connectivity index (χ0n) is 11.9. The van der Waals surface area contributed by atoms with Crippen molar-refractivity contribution in [3.63, 3.8) is 0 Å². The Balaban J connectivity index is 1.72. The van der Waals surface area contributed by atoms with Gasteiger partial charge in [0, 0.05) is 42.8 Å². The van der Waals surface area contributed by atoms with E-state index in [1.807, 2.05) is 24.6 Å². The van der Waals surface area contributed by atoms with Gasteiger partial charge in [-0.25, -0.2) is 4.98 Å². The van der Waals surface area contributed by atoms with E-state index in [0.717, 1.165) is 12.6 Å². The quantitative estimate of drug-likeness (QED) is 0.919. The number of hydrogen-bond donors (Lipinski definition) is 1. The minimum absolute atomic E-state index is 0.404. The van der Waals surface area contributed by atoms with Gasteiger partial charge in [0.2, 0.25) is 0 Å². The Kier molecular flexibility index (Phi) is 4.05. The minimum Gasteiger partial charge on any atom is -0.346 e. The molecule has 5 heteroatoms. The van der Waals surface area contributed by atoms with Gasteiger partial charge in [0.1, 0.15) is 0 Å². The third-order valence-electron chi connectivity index (χ3n) is 4.45. The van der Waals surface area contributed by atoms with Crippen molar-refractivity contribution in [2.75, 3.05) is 38.1 Å². The molecule has 0 aromatic carbocycles. The van der Waals surface area contributed by atoms with Crippen LogP contribution >= 0.6 is 11.3 Å². The molecule has 1 aromatic heterocycles. The fourth-order valence-electron chi connectivity index (χ4n) is 3.15. The first-order valence-corrected chi connectivity index (χ1v) is 8.21. The van der Waals surface area contributed by atoms with Crippen molar-refractivity contribution >= 4 is 16.5 Å². The zero-order chi connectivity index (χ0) is 13.2. The van der Waals surface area contributed by atoms with E-state index in [2.05, 4.69) is 27.0 Å². The monoisotopic (exact) mass is 280 g/mol. The summed E-state index contributed by atoms with van der Waals surface area (Å²) in [5.74, 6) is 0. The van der Waals surface area contributed by atoms with Gasteiger partial charge in [0.15, 0.2) is 5.13 Å². The van der Waals surface area contributed by atoms with Crippen LogP contribution in [-0.4, -0.2) is 49.2 Å². The zero-order valence-corrected chi connectivity index (χ0v) is 12.7. The van der Waals surface area contributed by atoms with Crippen LogP contribution in [0.4, 0.5) is 5.13 Å². The normalized spacial score (nSPS) is 26.2. The van der Waals surface area contributed by atoms with Gasteiger partial charge in [0.05, 0.1) is 0 Å². The molecule has 2 aliphatic rings. The van der Waals surface area contributed by atoms with Crippen LogP contribution in [0.2, 0.25) is 0 Å². The Hall–Kier alpha value is -0.650. The Morgan fingerprint density at radius 3 is 3.05 bits per heavy atom. The standard InChI is InChI=1S/C14H24N4S/c1-11(15-2)13-9-16-14(19-13)18-8-4-7-17-6-3-5-12(17)10-18/h9,11-12,15H,3-8,10H2,1-2H3. The molecule has 0 aliphatic carbocycles. The molecular formula is C14H24N4S. The first-order valence-electron chi connectivity index (χ1n) is 7.40. The Morgan fingerprint density at radius 1 is 1.37 bits per heavy atom. The van der Waals surface area contributed by atoms with Crippen LogP contribution in [0.15, 0.2) is 6.20 Å². The second-order valence-corrected chi connectivity index (χ2v) is 6.73. The average molecular weight is 280 g/mol. The third-order valence-corrected chi connectivity index (χ3v) is 5.69. The van der Waals surface area contributed by atoms with Gasteiger partial charge in [-0.3, -0.25) is 4.90 Å². The highest BCUT2D eigenvalue weighted by Gasteiger charge is 2.29. The van der Waals surface area contributed by atoms with Crippen LogP contribution in [0.1, 0.15) is 37.1 Å². The van der Waals surface area contributed by atoms with E-state index >= 15 is 0 Å². The molecule has 0 saturated carbocycles. The van der Waals surface area contributed by atoms with Crippen LogP contribution in [-0.2, 0) is 0 Å². The summed E-state index contributed by atoms with van der Waals surface area (Å²) in [5.41, 5.74) is 0. The van der Waals surface area contributed by atoms with E-state index in [4.69, 9.17) is 0 Å². The number of hydrogen-bond acceptors (Lipinski definition) is 5. The molecular weight excluding hydrogens is 256 g/mol. The van der Waals surface area contributed by atoms with Crippen molar-refractivity contribution in [1.82, 2.24) is 15.2 Å². The number of nitrogens with zero attached hydrogens (tertiary/aromatic N) is 3. The molecule has 0 radical (unpaired) electrons. The highest BCUT2D eigenvalue weighted by molar-refractivity contribution is 7.15. The number of fused-ring (bicyclic) bond motifs is 1. The van der Waals surface area contributed by atoms with Crippen LogP contribution in [0, 0.1) is 0 Å². The molecule has 0 amide bonds. The molecule has 2 fully saturated rings. The topological polar surface area (TPSA) is 31.4 Å². The number of anilines is 1. The van der Waals surface area contributed by atoms with E-state index < -0.39 is 0 Å². The first-order chi connectivity index (χ1) is 9.28. The van der Waals surface area contributed by atoms with Gasteiger partial charge in [-0.2, -0.15) is 0 Å². The third kappa shape index (κ3) is 2.78. The maximum atomic E-state index is 4.65. The van der Waals surface area contributed by atoms with Gasteiger partial charge in [-0.05, 0) is 39.8 Å². The second kappa shape index (κ2) is 5.77. The Morgan fingerprint density at radius 2 is 2.21 bits per heavy atom. The maximum absolute atomic E-state index is 4.65. The number of thiazole rings is 1. The van der Waals surface area contributed by atoms with Gasteiger partial charge in [-0.1, -0.05) is 0 Å². The average Bonchev–Trinajstić information content (AvgIpc) is 3.03. The van der Waals surface area contributed by atoms with Crippen molar-refractivity contribution in [3.8, 4) is 0 Å². The summed E-state index contributed by atoms with van der Waals surface area (Å²) in [5, 5.41) is 4.50. The highest BCUT2D eigenvalue weighted by Crippen LogP contribution is 2.30. The van der Waals surface area contributed by atoms with Gasteiger partial charge < -0.3 is 10.2 Å². The van der Waals surface area contributed by atoms with E-state index in [-0.39, 0.29) is 0 Å². The summed E-state index contributed by atoms with van der Waals surface area (Å²) in [4.78, 5) is 11.2. The molecule has 1 aromatic rings. The van der Waals surface area contributed by atoms with Crippen molar-refractivity contribution < 1.29 is 0 Å². The predicted molar refractivity (Wildman–Crippen MR) is 81.0 cm³/mol. The van der Waals surface area contributed by atoms with E-state index in [9.17, 15) is 0 Å². The highest BCUT2D eigenvalue weighted by atomic mass is 32.1. The molecule has 2 unspecified atom stereocenters. The molecule has 4 nitrogen and oxygen atoms in total. The van der Waals surface area contributed by atoms with Crippen molar-refractivity contribution in [1.29, 1.82) is 0 Å². The molecule has 19 heavy (non-hydrogen) atoms. The fraction of sp³-hybridized carbons (Fsp3) is 0.786. The Labute approximate surface area is 119 Å². The molecule has 2 atom stereocenters. The SMILES string of the molecule is CNC(C)c1cnc(N2CCCN3CCCC3C2)s1. The molecule has 106 valence electrons. The number of nitrogens with one attached hydrogen (secondary N) is 1. The molecule has 3 rings (SSSR count). The van der Waals surface area contributed by atoms with Gasteiger partial charge in [-0.15, -0.1) is 11.3 Å². The summed E-state index contributed by atoms with van der Waals surface area (Å²) in [6.45, 7) is 7.10. The first kappa shape index (κ1) is 13.3.